The average molecular weight is 378 g/mol. The molecule has 0 aliphatic heterocycles. The van der Waals surface area contributed by atoms with Crippen LogP contribution in [0.25, 0.3) is 10.8 Å². The Bertz CT molecular complexity index is 1040. The molecule has 7 nitrogen and oxygen atoms in total. The normalized spacial score (nSPS) is 11.6. The van der Waals surface area contributed by atoms with Gasteiger partial charge in [-0.3, -0.25) is 19.7 Å². The summed E-state index contributed by atoms with van der Waals surface area (Å²) < 4.78 is 5.31. The van der Waals surface area contributed by atoms with Crippen molar-refractivity contribution in [3.63, 3.8) is 0 Å². The Morgan fingerprint density at radius 3 is 2.68 bits per heavy atom. The highest BCUT2D eigenvalue weighted by atomic mass is 16.6. The van der Waals surface area contributed by atoms with E-state index in [-0.39, 0.29) is 29.6 Å². The van der Waals surface area contributed by atoms with Crippen LogP contribution >= 0.6 is 0 Å². The molecule has 0 spiro atoms. The highest BCUT2D eigenvalue weighted by Gasteiger charge is 2.18. The number of nitrogens with zero attached hydrogens (tertiary/aromatic N) is 1. The average Bonchev–Trinajstić information content (AvgIpc) is 2.71. The number of nitro groups is 1. The number of rotatable bonds is 7. The third kappa shape index (κ3) is 4.15. The molecule has 0 unspecified atom stereocenters. The molecule has 1 atom stereocenters. The minimum absolute atomic E-state index is 0.0661. The number of nitro benzene ring substituents is 1. The van der Waals surface area contributed by atoms with Crippen LogP contribution in [0.4, 0.5) is 5.69 Å². The Morgan fingerprint density at radius 1 is 1.18 bits per heavy atom. The van der Waals surface area contributed by atoms with E-state index in [9.17, 15) is 19.7 Å². The molecule has 0 aliphatic carbocycles. The third-order valence-electron chi connectivity index (χ3n) is 4.34. The molecule has 3 aromatic carbocycles. The van der Waals surface area contributed by atoms with Crippen LogP contribution in [-0.4, -0.2) is 23.7 Å². The highest BCUT2D eigenvalue weighted by Crippen LogP contribution is 2.28. The summed E-state index contributed by atoms with van der Waals surface area (Å²) in [4.78, 5) is 33.5. The molecule has 28 heavy (non-hydrogen) atoms. The zero-order valence-corrected chi connectivity index (χ0v) is 15.1. The van der Waals surface area contributed by atoms with Gasteiger partial charge in [-0.25, -0.2) is 0 Å². The molecule has 3 aromatic rings. The van der Waals surface area contributed by atoms with Crippen molar-refractivity contribution in [3.8, 4) is 5.75 Å². The molecule has 0 saturated heterocycles. The standard InChI is InChI=1S/C21H18N2O5/c1-14(17-8-4-6-16-5-2-3-7-18(16)17)22-21(25)13-28-20-10-9-15(12-24)11-19(20)23(26)27/h2-12,14H,13H2,1H3,(H,22,25)/t14-/m1/s1. The van der Waals surface area contributed by atoms with Crippen LogP contribution in [0, 0.1) is 10.1 Å². The van der Waals surface area contributed by atoms with Gasteiger partial charge in [-0.15, -0.1) is 0 Å². The Hall–Kier alpha value is -3.74. The number of hydrogen-bond donors (Lipinski definition) is 1. The van der Waals surface area contributed by atoms with Crippen molar-refractivity contribution < 1.29 is 19.2 Å². The van der Waals surface area contributed by atoms with Gasteiger partial charge in [-0.1, -0.05) is 42.5 Å². The predicted octanol–water partition coefficient (Wildman–Crippen LogP) is 3.82. The van der Waals surface area contributed by atoms with Crippen molar-refractivity contribution in [2.45, 2.75) is 13.0 Å². The molecule has 0 bridgehead atoms. The first kappa shape index (κ1) is 19.0. The molecule has 7 heteroatoms. The second-order valence-electron chi connectivity index (χ2n) is 6.25. The van der Waals surface area contributed by atoms with Gasteiger partial charge < -0.3 is 10.1 Å². The zero-order chi connectivity index (χ0) is 20.1. The summed E-state index contributed by atoms with van der Waals surface area (Å²) in [6, 6.07) is 17.3. The van der Waals surface area contributed by atoms with E-state index < -0.39 is 10.8 Å². The number of hydrogen-bond acceptors (Lipinski definition) is 5. The molecule has 1 N–H and O–H groups in total. The van der Waals surface area contributed by atoms with Gasteiger partial charge in [-0.2, -0.15) is 0 Å². The van der Waals surface area contributed by atoms with Crippen LogP contribution in [0.3, 0.4) is 0 Å². The van der Waals surface area contributed by atoms with Crippen LogP contribution < -0.4 is 10.1 Å². The van der Waals surface area contributed by atoms with E-state index in [1.165, 1.54) is 12.1 Å². The van der Waals surface area contributed by atoms with Crippen molar-refractivity contribution in [3.05, 3.63) is 81.9 Å². The SMILES string of the molecule is C[C@@H](NC(=O)COc1ccc(C=O)cc1[N+](=O)[O-])c1cccc2ccccc12. The maximum Gasteiger partial charge on any atom is 0.311 e. The van der Waals surface area contributed by atoms with E-state index in [1.807, 2.05) is 49.4 Å². The maximum absolute atomic E-state index is 12.3. The number of amides is 1. The van der Waals surface area contributed by atoms with Crippen molar-refractivity contribution in [2.24, 2.45) is 0 Å². The Balaban J connectivity index is 1.69. The third-order valence-corrected chi connectivity index (χ3v) is 4.34. The van der Waals surface area contributed by atoms with Gasteiger partial charge in [0.2, 0.25) is 0 Å². The van der Waals surface area contributed by atoms with Crippen LogP contribution in [0.1, 0.15) is 28.9 Å². The molecule has 0 saturated carbocycles. The van der Waals surface area contributed by atoms with Gasteiger partial charge in [0.25, 0.3) is 5.91 Å². The molecule has 0 radical (unpaired) electrons. The fourth-order valence-corrected chi connectivity index (χ4v) is 3.00. The largest absolute Gasteiger partial charge is 0.477 e. The van der Waals surface area contributed by atoms with Crippen LogP contribution in [0.15, 0.2) is 60.7 Å². The number of aldehydes is 1. The zero-order valence-electron chi connectivity index (χ0n) is 15.1. The van der Waals surface area contributed by atoms with E-state index >= 15 is 0 Å². The summed E-state index contributed by atoms with van der Waals surface area (Å²) in [7, 11) is 0. The summed E-state index contributed by atoms with van der Waals surface area (Å²) in [5.41, 5.74) is 0.764. The topological polar surface area (TPSA) is 98.5 Å². The first-order valence-corrected chi connectivity index (χ1v) is 8.63. The summed E-state index contributed by atoms with van der Waals surface area (Å²) in [6.07, 6.45) is 0.509. The summed E-state index contributed by atoms with van der Waals surface area (Å²) >= 11 is 0. The number of nitrogens with one attached hydrogen (secondary N) is 1. The maximum atomic E-state index is 12.3. The molecular weight excluding hydrogens is 360 g/mol. The van der Waals surface area contributed by atoms with Gasteiger partial charge in [0.1, 0.15) is 6.29 Å². The first-order valence-electron chi connectivity index (χ1n) is 8.63. The van der Waals surface area contributed by atoms with E-state index in [0.29, 0.717) is 6.29 Å². The first-order chi connectivity index (χ1) is 13.5. The Kier molecular flexibility index (Phi) is 5.64. The lowest BCUT2D eigenvalue weighted by Gasteiger charge is -2.17. The predicted molar refractivity (Wildman–Crippen MR) is 104 cm³/mol. The molecule has 1 amide bonds. The van der Waals surface area contributed by atoms with E-state index in [0.717, 1.165) is 22.4 Å². The molecule has 0 aromatic heterocycles. The number of fused-ring (bicyclic) bond motifs is 1. The fraction of sp³-hybridized carbons (Fsp3) is 0.143. The lowest BCUT2D eigenvalue weighted by molar-refractivity contribution is -0.385. The number of benzene rings is 3. The summed E-state index contributed by atoms with van der Waals surface area (Å²) in [5.74, 6) is -0.474. The monoisotopic (exact) mass is 378 g/mol. The molecular formula is C21H18N2O5. The van der Waals surface area contributed by atoms with Gasteiger partial charge in [0, 0.05) is 11.6 Å². The number of ether oxygens (including phenoxy) is 1. The van der Waals surface area contributed by atoms with E-state index in [1.54, 1.807) is 0 Å². The molecule has 0 heterocycles. The van der Waals surface area contributed by atoms with Crippen molar-refractivity contribution >= 4 is 28.7 Å². The quantitative estimate of drug-likeness (QED) is 0.383. The Labute approximate surface area is 161 Å². The van der Waals surface area contributed by atoms with Crippen molar-refractivity contribution in [2.75, 3.05) is 6.61 Å². The van der Waals surface area contributed by atoms with Crippen LogP contribution in [0.5, 0.6) is 5.75 Å². The number of carbonyl (C=O) groups excluding carboxylic acids is 2. The summed E-state index contributed by atoms with van der Waals surface area (Å²) in [5, 5.41) is 16.1. The van der Waals surface area contributed by atoms with Crippen molar-refractivity contribution in [1.82, 2.24) is 5.32 Å². The minimum atomic E-state index is -0.654. The van der Waals surface area contributed by atoms with Crippen molar-refractivity contribution in [1.29, 1.82) is 0 Å². The molecule has 3 rings (SSSR count). The van der Waals surface area contributed by atoms with E-state index in [4.69, 9.17) is 4.74 Å². The van der Waals surface area contributed by atoms with Gasteiger partial charge in [0.15, 0.2) is 12.4 Å². The van der Waals surface area contributed by atoms with Crippen LogP contribution in [-0.2, 0) is 4.79 Å². The highest BCUT2D eigenvalue weighted by molar-refractivity contribution is 5.87. The molecule has 0 aliphatic rings. The van der Waals surface area contributed by atoms with Gasteiger partial charge >= 0.3 is 5.69 Å². The smallest absolute Gasteiger partial charge is 0.311 e. The lowest BCUT2D eigenvalue weighted by Crippen LogP contribution is -2.31. The van der Waals surface area contributed by atoms with E-state index in [2.05, 4.69) is 5.32 Å². The lowest BCUT2D eigenvalue weighted by atomic mass is 10.00. The molecule has 142 valence electrons. The molecule has 0 fully saturated rings. The Morgan fingerprint density at radius 2 is 1.93 bits per heavy atom. The number of carbonyl (C=O) groups is 2. The summed E-state index contributed by atoms with van der Waals surface area (Å²) in [6.45, 7) is 1.48. The second-order valence-corrected chi connectivity index (χ2v) is 6.25. The fourth-order valence-electron chi connectivity index (χ4n) is 3.00. The van der Waals surface area contributed by atoms with Crippen LogP contribution in [0.2, 0.25) is 0 Å². The second kappa shape index (κ2) is 8.30. The minimum Gasteiger partial charge on any atom is -0.477 e. The van der Waals surface area contributed by atoms with Gasteiger partial charge in [-0.05, 0) is 35.4 Å². The van der Waals surface area contributed by atoms with Gasteiger partial charge in [0.05, 0.1) is 11.0 Å².